The number of nitrogens with one attached hydrogen (secondary N) is 1. The highest BCUT2D eigenvalue weighted by Crippen LogP contribution is 2.56. The summed E-state index contributed by atoms with van der Waals surface area (Å²) in [6.07, 6.45) is 8.56. The molecule has 0 radical (unpaired) electrons. The van der Waals surface area contributed by atoms with Gasteiger partial charge in [0, 0.05) is 83.6 Å². The predicted octanol–water partition coefficient (Wildman–Crippen LogP) is 11.2. The average molecular weight is 1150 g/mol. The maximum Gasteiger partial charge on any atom is 0.355 e. The minimum atomic E-state index is -0.552. The van der Waals surface area contributed by atoms with Crippen LogP contribution in [0.2, 0.25) is 0 Å². The van der Waals surface area contributed by atoms with Crippen molar-refractivity contribution in [1.82, 2.24) is 9.55 Å². The normalized spacial score (nSPS) is 21.2. The number of para-hydroxylation sites is 2. The average Bonchev–Trinajstić information content (AvgIpc) is 3.79. The fourth-order valence-corrected chi connectivity index (χ4v) is 14.8. The number of amides is 3. The number of methoxy groups -OCH3 is 2. The van der Waals surface area contributed by atoms with Crippen LogP contribution in [0.4, 0.5) is 28.4 Å². The Morgan fingerprint density at radius 2 is 1.51 bits per heavy atom. The summed E-state index contributed by atoms with van der Waals surface area (Å²) in [4.78, 5) is 67.3. The molecule has 5 aromatic rings. The maximum absolute atomic E-state index is 14.4. The molecule has 1 saturated heterocycles. The topological polar surface area (TPSA) is 158 Å². The van der Waals surface area contributed by atoms with Crippen molar-refractivity contribution >= 4 is 79.6 Å². The lowest BCUT2D eigenvalue weighted by Crippen LogP contribution is -2.51. The molecule has 6 aliphatic rings. The minimum absolute atomic E-state index is 0.0281. The molecule has 0 spiro atoms. The van der Waals surface area contributed by atoms with Gasteiger partial charge in [0.1, 0.15) is 25.4 Å². The molecule has 82 heavy (non-hydrogen) atoms. The molecule has 18 heteroatoms. The van der Waals surface area contributed by atoms with Crippen LogP contribution >= 0.6 is 21.6 Å². The lowest BCUT2D eigenvalue weighted by Gasteiger charge is -2.37. The molecule has 1 saturated carbocycles. The Labute approximate surface area is 487 Å². The SMILES string of the molecule is COc1cc2c(cc1OCc1cc(COc3cc4c(cc3OC)C(=O)N3c5ccccc5C[C@H]3CN4)cc([N+](C)(CCOC(C)C)C3CC3C(C)(C)SSC/C=C/C(=O)ON3C(=O)CCC3C)c1)N=C=CC1Cc3ccccc3N1C2=O. The van der Waals surface area contributed by atoms with Crippen molar-refractivity contribution in [2.45, 2.75) is 115 Å². The van der Waals surface area contributed by atoms with Crippen molar-refractivity contribution in [3.05, 3.63) is 143 Å². The Morgan fingerprint density at radius 3 is 2.20 bits per heavy atom. The Morgan fingerprint density at radius 1 is 0.854 bits per heavy atom. The quantitative estimate of drug-likeness (QED) is 0.0321. The highest BCUT2D eigenvalue weighted by molar-refractivity contribution is 8.77. The van der Waals surface area contributed by atoms with E-state index in [1.54, 1.807) is 60.1 Å². The first-order valence-electron chi connectivity index (χ1n) is 28.2. The number of hydrogen-bond acceptors (Lipinski definition) is 14. The maximum atomic E-state index is 14.4. The van der Waals surface area contributed by atoms with E-state index in [1.807, 2.05) is 71.3 Å². The van der Waals surface area contributed by atoms with Crippen LogP contribution in [0.1, 0.15) is 96.9 Å². The molecule has 5 heterocycles. The van der Waals surface area contributed by atoms with Crippen molar-refractivity contribution < 1.29 is 47.7 Å². The number of likely N-dealkylation sites (N-methyl/N-ethyl adjacent to an activating group) is 1. The molecular weight excluding hydrogens is 1080 g/mol. The lowest BCUT2D eigenvalue weighted by atomic mass is 10.0. The number of carbonyl (C=O) groups is 4. The first-order valence-corrected chi connectivity index (χ1v) is 30.5. The number of fused-ring (bicyclic) bond motifs is 8. The Balaban J connectivity index is 0.878. The fraction of sp³-hybridized carbons (Fsp3) is 0.406. The lowest BCUT2D eigenvalue weighted by molar-refractivity contribution is -0.194. The minimum Gasteiger partial charge on any atom is -0.493 e. The number of benzene rings is 5. The van der Waals surface area contributed by atoms with Crippen LogP contribution < -0.4 is 38.5 Å². The van der Waals surface area contributed by atoms with Crippen LogP contribution in [-0.2, 0) is 45.2 Å². The van der Waals surface area contributed by atoms with E-state index >= 15 is 0 Å². The number of ether oxygens (including phenoxy) is 5. The Hall–Kier alpha value is -7.21. The van der Waals surface area contributed by atoms with Crippen molar-refractivity contribution in [2.24, 2.45) is 10.9 Å². The molecular formula is C64H71N6O10S2+. The van der Waals surface area contributed by atoms with Gasteiger partial charge in [-0.1, -0.05) is 64.1 Å². The van der Waals surface area contributed by atoms with Gasteiger partial charge in [-0.3, -0.25) is 18.9 Å². The van der Waals surface area contributed by atoms with E-state index < -0.39 is 5.97 Å². The van der Waals surface area contributed by atoms with Crippen LogP contribution in [0.15, 0.2) is 114 Å². The molecule has 0 bridgehead atoms. The molecule has 5 aliphatic heterocycles. The van der Waals surface area contributed by atoms with Gasteiger partial charge in [0.05, 0.1) is 80.6 Å². The van der Waals surface area contributed by atoms with Gasteiger partial charge in [0.15, 0.2) is 23.0 Å². The summed E-state index contributed by atoms with van der Waals surface area (Å²) in [5, 5.41) is 4.75. The van der Waals surface area contributed by atoms with Crippen LogP contribution in [0.3, 0.4) is 0 Å². The van der Waals surface area contributed by atoms with E-state index in [-0.39, 0.29) is 66.0 Å². The fourth-order valence-electron chi connectivity index (χ4n) is 12.2. The molecule has 428 valence electrons. The van der Waals surface area contributed by atoms with E-state index in [9.17, 15) is 19.2 Å². The second-order valence-corrected chi connectivity index (χ2v) is 25.9. The number of rotatable bonds is 21. The smallest absolute Gasteiger partial charge is 0.355 e. The summed E-state index contributed by atoms with van der Waals surface area (Å²) in [5.41, 5.74) is 8.91. The van der Waals surface area contributed by atoms with Crippen LogP contribution in [-0.4, -0.2) is 116 Å². The predicted molar refractivity (Wildman–Crippen MR) is 323 cm³/mol. The summed E-state index contributed by atoms with van der Waals surface area (Å²) < 4.78 is 32.1. The number of hydroxylamine groups is 2. The summed E-state index contributed by atoms with van der Waals surface area (Å²) in [6, 6.07) is 29.6. The van der Waals surface area contributed by atoms with E-state index in [2.05, 4.69) is 75.2 Å². The number of quaternary nitrogens is 1. The zero-order valence-corrected chi connectivity index (χ0v) is 49.4. The van der Waals surface area contributed by atoms with Crippen molar-refractivity contribution in [3.8, 4) is 23.0 Å². The highest BCUT2D eigenvalue weighted by atomic mass is 33.1. The monoisotopic (exact) mass is 1150 g/mol. The molecule has 5 unspecified atom stereocenters. The van der Waals surface area contributed by atoms with Crippen molar-refractivity contribution in [1.29, 1.82) is 0 Å². The van der Waals surface area contributed by atoms with Crippen LogP contribution in [0, 0.1) is 5.92 Å². The van der Waals surface area contributed by atoms with Gasteiger partial charge in [-0.25, -0.2) is 9.79 Å². The van der Waals surface area contributed by atoms with Gasteiger partial charge in [-0.2, -0.15) is 5.06 Å². The third-order valence-electron chi connectivity index (χ3n) is 16.7. The summed E-state index contributed by atoms with van der Waals surface area (Å²) in [7, 11) is 8.94. The largest absolute Gasteiger partial charge is 0.493 e. The van der Waals surface area contributed by atoms with Gasteiger partial charge in [-0.15, -0.1) is 0 Å². The number of aliphatic imine (C=N–C) groups is 1. The van der Waals surface area contributed by atoms with E-state index in [0.29, 0.717) is 101 Å². The zero-order chi connectivity index (χ0) is 57.5. The van der Waals surface area contributed by atoms with Gasteiger partial charge in [-0.05, 0) is 112 Å². The molecule has 1 aliphatic carbocycles. The van der Waals surface area contributed by atoms with Gasteiger partial charge in [0.25, 0.3) is 17.7 Å². The standard InChI is InChI=1S/C64H70N6O10S2/c1-39(2)77-24-23-70(6,55-33-50(55)64(4,5)82-81-25-13-18-61(72)80-69-40(3)19-20-60(69)71)47-27-41(37-78-58-34-51-48(31-56(58)75-7)62(73)67-45(21-22-65-51)29-43-14-9-11-16-53(43)67)26-42(28-47)38-79-59-35-52-49(32-57(59)76-8)63(74)68-46(36-66-52)30-44-15-10-12-17-54(44)68/h9-18,21,26-28,31-32,34-35,39-40,45-46,50,55H,19-20,23-25,29-30,33,36-38H2,1-8H3/p+1/b18-13+/t40?,45?,46-,50?,55?,70?/m0/s1. The number of anilines is 3. The zero-order valence-electron chi connectivity index (χ0n) is 47.8. The van der Waals surface area contributed by atoms with Crippen LogP contribution in [0.25, 0.3) is 0 Å². The molecule has 0 aromatic heterocycles. The molecule has 1 N–H and O–H groups in total. The number of carbonyl (C=O) groups excluding carboxylic acids is 4. The van der Waals surface area contributed by atoms with E-state index in [1.165, 1.54) is 11.1 Å². The summed E-state index contributed by atoms with van der Waals surface area (Å²) >= 11 is 0. The molecule has 11 rings (SSSR count). The van der Waals surface area contributed by atoms with Gasteiger partial charge in [0.2, 0.25) is 0 Å². The Bertz CT molecular complexity index is 3420. The molecule has 6 atom stereocenters. The second kappa shape index (κ2) is 23.6. The van der Waals surface area contributed by atoms with Crippen molar-refractivity contribution in [2.75, 3.05) is 61.8 Å². The molecule has 2 fully saturated rings. The molecule has 16 nitrogen and oxygen atoms in total. The second-order valence-electron chi connectivity index (χ2n) is 22.9. The molecule has 5 aromatic carbocycles. The number of hydrogen-bond donors (Lipinski definition) is 1. The first kappa shape index (κ1) is 56.6. The van der Waals surface area contributed by atoms with E-state index in [4.69, 9.17) is 28.5 Å². The Kier molecular flexibility index (Phi) is 16.3. The van der Waals surface area contributed by atoms with Crippen LogP contribution in [0.5, 0.6) is 23.0 Å². The van der Waals surface area contributed by atoms with Crippen molar-refractivity contribution in [3.63, 3.8) is 0 Å². The third-order valence-corrected chi connectivity index (χ3v) is 19.9. The third kappa shape index (κ3) is 11.5. The summed E-state index contributed by atoms with van der Waals surface area (Å²) in [5.74, 6) is 4.80. The number of nitrogens with zero attached hydrogens (tertiary/aromatic N) is 5. The summed E-state index contributed by atoms with van der Waals surface area (Å²) in [6.45, 7) is 12.7. The molecule has 3 amide bonds. The highest BCUT2D eigenvalue weighted by Gasteiger charge is 2.59. The van der Waals surface area contributed by atoms with Gasteiger partial charge >= 0.3 is 5.97 Å². The first-order chi connectivity index (χ1) is 39.5. The van der Waals surface area contributed by atoms with E-state index in [0.717, 1.165) is 52.2 Å². The van der Waals surface area contributed by atoms with Gasteiger partial charge < -0.3 is 43.6 Å².